The van der Waals surface area contributed by atoms with Gasteiger partial charge >= 0.3 is 6.09 Å². The van der Waals surface area contributed by atoms with E-state index in [2.05, 4.69) is 25.0 Å². The van der Waals surface area contributed by atoms with Gasteiger partial charge in [-0.15, -0.1) is 0 Å². The number of carbonyl (C=O) groups excluding carboxylic acids is 1. The molecule has 0 aliphatic heterocycles. The van der Waals surface area contributed by atoms with E-state index in [4.69, 9.17) is 10.00 Å². The zero-order chi connectivity index (χ0) is 13.6. The number of nitrogens with zero attached hydrogens (tertiary/aromatic N) is 1. The Bertz CT molecular complexity index is 444. The van der Waals surface area contributed by atoms with Crippen LogP contribution in [-0.4, -0.2) is 20.8 Å². The molecular weight excluding hydrogens is 244 g/mol. The molecule has 0 aliphatic rings. The van der Waals surface area contributed by atoms with Crippen molar-refractivity contribution in [3.05, 3.63) is 29.8 Å². The van der Waals surface area contributed by atoms with Gasteiger partial charge in [0.05, 0.1) is 18.2 Å². The number of rotatable bonds is 4. The second-order valence-corrected chi connectivity index (χ2v) is 10.9. The lowest BCUT2D eigenvalue weighted by Gasteiger charge is -2.15. The van der Waals surface area contributed by atoms with Gasteiger partial charge in [0.2, 0.25) is 0 Å². The number of nitriles is 1. The molecule has 0 aliphatic carbocycles. The molecule has 0 heterocycles. The van der Waals surface area contributed by atoms with Crippen molar-refractivity contribution in [2.45, 2.75) is 25.7 Å². The van der Waals surface area contributed by atoms with Crippen LogP contribution in [0.15, 0.2) is 24.3 Å². The summed E-state index contributed by atoms with van der Waals surface area (Å²) in [5.41, 5.74) is 1.19. The lowest BCUT2D eigenvalue weighted by molar-refractivity contribution is 0.167. The molecule has 0 spiro atoms. The highest BCUT2D eigenvalue weighted by atomic mass is 28.3. The number of hydrogen-bond acceptors (Lipinski definition) is 3. The van der Waals surface area contributed by atoms with E-state index in [1.54, 1.807) is 24.3 Å². The van der Waals surface area contributed by atoms with E-state index in [0.29, 0.717) is 17.9 Å². The van der Waals surface area contributed by atoms with Crippen LogP contribution in [-0.2, 0) is 4.74 Å². The predicted molar refractivity (Wildman–Crippen MR) is 74.3 cm³/mol. The molecule has 1 aromatic rings. The SMILES string of the molecule is C[Si](C)(C)CCOC(=O)Nc1ccc(C#N)cc1. The van der Waals surface area contributed by atoms with Crippen LogP contribution in [0.4, 0.5) is 10.5 Å². The van der Waals surface area contributed by atoms with Gasteiger partial charge in [0.25, 0.3) is 0 Å². The third kappa shape index (κ3) is 5.50. The monoisotopic (exact) mass is 262 g/mol. The lowest BCUT2D eigenvalue weighted by atomic mass is 10.2. The Morgan fingerprint density at radius 1 is 1.33 bits per heavy atom. The van der Waals surface area contributed by atoms with Crippen LogP contribution in [0.5, 0.6) is 0 Å². The molecule has 0 saturated carbocycles. The highest BCUT2D eigenvalue weighted by Crippen LogP contribution is 2.10. The molecule has 1 rings (SSSR count). The average Bonchev–Trinajstić information content (AvgIpc) is 2.28. The van der Waals surface area contributed by atoms with Gasteiger partial charge in [-0.3, -0.25) is 5.32 Å². The first-order valence-corrected chi connectivity index (χ1v) is 9.55. The Balaban J connectivity index is 2.38. The maximum absolute atomic E-state index is 11.5. The molecule has 5 heteroatoms. The Morgan fingerprint density at radius 3 is 2.44 bits per heavy atom. The maximum atomic E-state index is 11.5. The van der Waals surface area contributed by atoms with E-state index in [1.165, 1.54) is 0 Å². The Labute approximate surface area is 109 Å². The summed E-state index contributed by atoms with van der Waals surface area (Å²) in [6.07, 6.45) is -0.446. The molecule has 0 atom stereocenters. The molecule has 0 radical (unpaired) electrons. The zero-order valence-electron chi connectivity index (χ0n) is 11.0. The van der Waals surface area contributed by atoms with Crippen molar-refractivity contribution in [1.82, 2.24) is 0 Å². The fraction of sp³-hybridized carbons (Fsp3) is 0.385. The van der Waals surface area contributed by atoms with Gasteiger partial charge in [-0.2, -0.15) is 5.26 Å². The van der Waals surface area contributed by atoms with E-state index in [-0.39, 0.29) is 0 Å². The summed E-state index contributed by atoms with van der Waals surface area (Å²) < 4.78 is 5.10. The quantitative estimate of drug-likeness (QED) is 0.845. The minimum atomic E-state index is -1.17. The summed E-state index contributed by atoms with van der Waals surface area (Å²) in [6, 6.07) is 9.63. The van der Waals surface area contributed by atoms with Crippen molar-refractivity contribution in [1.29, 1.82) is 5.26 Å². The maximum Gasteiger partial charge on any atom is 0.411 e. The smallest absolute Gasteiger partial charge is 0.411 e. The van der Waals surface area contributed by atoms with E-state index < -0.39 is 14.2 Å². The number of hydrogen-bond donors (Lipinski definition) is 1. The first kappa shape index (κ1) is 14.3. The van der Waals surface area contributed by atoms with Gasteiger partial charge in [-0.25, -0.2) is 4.79 Å². The van der Waals surface area contributed by atoms with Gasteiger partial charge in [-0.1, -0.05) is 19.6 Å². The fourth-order valence-corrected chi connectivity index (χ4v) is 1.95. The molecule has 0 fully saturated rings. The van der Waals surface area contributed by atoms with Crippen LogP contribution in [0.25, 0.3) is 0 Å². The van der Waals surface area contributed by atoms with Crippen molar-refractivity contribution in [2.24, 2.45) is 0 Å². The lowest BCUT2D eigenvalue weighted by Crippen LogP contribution is -2.24. The summed E-state index contributed by atoms with van der Waals surface area (Å²) in [5, 5.41) is 11.3. The third-order valence-electron chi connectivity index (χ3n) is 2.35. The summed E-state index contributed by atoms with van der Waals surface area (Å²) in [6.45, 7) is 7.15. The second kappa shape index (κ2) is 6.22. The van der Waals surface area contributed by atoms with Crippen LogP contribution in [0, 0.1) is 11.3 Å². The van der Waals surface area contributed by atoms with Crippen LogP contribution < -0.4 is 5.32 Å². The zero-order valence-corrected chi connectivity index (χ0v) is 12.0. The summed E-state index contributed by atoms with van der Waals surface area (Å²) >= 11 is 0. The van der Waals surface area contributed by atoms with Crippen LogP contribution >= 0.6 is 0 Å². The number of ether oxygens (including phenoxy) is 1. The fourth-order valence-electron chi connectivity index (χ4n) is 1.23. The van der Waals surface area contributed by atoms with E-state index in [1.807, 2.05) is 6.07 Å². The van der Waals surface area contributed by atoms with E-state index in [0.717, 1.165) is 6.04 Å². The Hall–Kier alpha value is -1.80. The Kier molecular flexibility index (Phi) is 4.92. The molecule has 0 saturated heterocycles. The molecule has 0 unspecified atom stereocenters. The van der Waals surface area contributed by atoms with Gasteiger partial charge < -0.3 is 4.74 Å². The van der Waals surface area contributed by atoms with Crippen molar-refractivity contribution < 1.29 is 9.53 Å². The summed E-state index contributed by atoms with van der Waals surface area (Å²) in [5.74, 6) is 0. The average molecular weight is 262 g/mol. The molecular formula is C13H18N2O2Si. The van der Waals surface area contributed by atoms with Gasteiger partial charge in [0.15, 0.2) is 0 Å². The van der Waals surface area contributed by atoms with E-state index in [9.17, 15) is 4.79 Å². The minimum absolute atomic E-state index is 0.446. The molecule has 18 heavy (non-hydrogen) atoms. The molecule has 1 aromatic carbocycles. The molecule has 96 valence electrons. The molecule has 0 bridgehead atoms. The summed E-state index contributed by atoms with van der Waals surface area (Å²) in [7, 11) is -1.17. The van der Waals surface area contributed by atoms with Crippen LogP contribution in [0.2, 0.25) is 25.7 Å². The van der Waals surface area contributed by atoms with Crippen molar-refractivity contribution in [2.75, 3.05) is 11.9 Å². The standard InChI is InChI=1S/C13H18N2O2Si/c1-18(2,3)9-8-17-13(16)15-12-6-4-11(10-14)5-7-12/h4-7H,8-9H2,1-3H3,(H,15,16). The number of carbonyl (C=O) groups is 1. The Morgan fingerprint density at radius 2 is 1.94 bits per heavy atom. The van der Waals surface area contributed by atoms with Gasteiger partial charge in [-0.05, 0) is 30.3 Å². The predicted octanol–water partition coefficient (Wildman–Crippen LogP) is 3.44. The summed E-state index contributed by atoms with van der Waals surface area (Å²) in [4.78, 5) is 11.5. The van der Waals surface area contributed by atoms with Gasteiger partial charge in [0, 0.05) is 13.8 Å². The molecule has 1 N–H and O–H groups in total. The minimum Gasteiger partial charge on any atom is -0.450 e. The number of benzene rings is 1. The first-order chi connectivity index (χ1) is 8.40. The van der Waals surface area contributed by atoms with Crippen LogP contribution in [0.1, 0.15) is 5.56 Å². The number of anilines is 1. The first-order valence-electron chi connectivity index (χ1n) is 5.85. The van der Waals surface area contributed by atoms with E-state index >= 15 is 0 Å². The van der Waals surface area contributed by atoms with Gasteiger partial charge in [0.1, 0.15) is 0 Å². The second-order valence-electron chi connectivity index (χ2n) is 5.26. The number of amides is 1. The third-order valence-corrected chi connectivity index (χ3v) is 4.05. The highest BCUT2D eigenvalue weighted by Gasteiger charge is 2.13. The molecule has 0 aromatic heterocycles. The van der Waals surface area contributed by atoms with Crippen molar-refractivity contribution in [3.8, 4) is 6.07 Å². The molecule has 1 amide bonds. The van der Waals surface area contributed by atoms with Crippen LogP contribution in [0.3, 0.4) is 0 Å². The topological polar surface area (TPSA) is 62.1 Å². The normalized spacial score (nSPS) is 10.6. The molecule has 4 nitrogen and oxygen atoms in total. The van der Waals surface area contributed by atoms with Crippen molar-refractivity contribution in [3.63, 3.8) is 0 Å². The number of nitrogens with one attached hydrogen (secondary N) is 1. The van der Waals surface area contributed by atoms with Crippen molar-refractivity contribution >= 4 is 19.9 Å². The largest absolute Gasteiger partial charge is 0.450 e. The highest BCUT2D eigenvalue weighted by molar-refractivity contribution is 6.76.